The molecule has 148 valence electrons. The first-order chi connectivity index (χ1) is 11.8. The van der Waals surface area contributed by atoms with Gasteiger partial charge < -0.3 is 21.1 Å². The van der Waals surface area contributed by atoms with E-state index in [2.05, 4.69) is 10.6 Å². The number of hydrogen-bond acceptors (Lipinski definition) is 5. The van der Waals surface area contributed by atoms with Gasteiger partial charge in [0.05, 0.1) is 6.54 Å². The van der Waals surface area contributed by atoms with E-state index in [0.717, 1.165) is 38.9 Å². The third-order valence-corrected chi connectivity index (χ3v) is 3.70. The van der Waals surface area contributed by atoms with Crippen LogP contribution in [0, 0.1) is 0 Å². The third kappa shape index (κ3) is 19.0. The predicted molar refractivity (Wildman–Crippen MR) is 103 cm³/mol. The summed E-state index contributed by atoms with van der Waals surface area (Å²) >= 11 is 0. The molecule has 0 fully saturated rings. The quantitative estimate of drug-likeness (QED) is 0.392. The van der Waals surface area contributed by atoms with Crippen LogP contribution in [0.25, 0.3) is 0 Å². The Bertz CT molecular complexity index is 354. The highest BCUT2D eigenvalue weighted by Gasteiger charge is 2.16. The van der Waals surface area contributed by atoms with E-state index >= 15 is 0 Å². The van der Waals surface area contributed by atoms with Gasteiger partial charge in [0.25, 0.3) is 0 Å². The summed E-state index contributed by atoms with van der Waals surface area (Å²) in [7, 11) is 0. The van der Waals surface area contributed by atoms with Gasteiger partial charge in [-0.05, 0) is 59.7 Å². The number of rotatable bonds is 15. The van der Waals surface area contributed by atoms with Gasteiger partial charge in [0.15, 0.2) is 5.78 Å². The minimum Gasteiger partial charge on any atom is -0.444 e. The summed E-state index contributed by atoms with van der Waals surface area (Å²) < 4.78 is 5.09. The Morgan fingerprint density at radius 3 is 2.04 bits per heavy atom. The first-order valence-corrected chi connectivity index (χ1v) is 9.74. The maximum Gasteiger partial charge on any atom is 0.408 e. The lowest BCUT2D eigenvalue weighted by Gasteiger charge is -2.19. The summed E-state index contributed by atoms with van der Waals surface area (Å²) in [6.07, 6.45) is 9.16. The largest absolute Gasteiger partial charge is 0.444 e. The summed E-state index contributed by atoms with van der Waals surface area (Å²) in [4.78, 5) is 23.2. The van der Waals surface area contributed by atoms with Gasteiger partial charge in [0.2, 0.25) is 0 Å². The summed E-state index contributed by atoms with van der Waals surface area (Å²) in [6.45, 7) is 8.32. The number of ketones is 1. The van der Waals surface area contributed by atoms with Gasteiger partial charge in [-0.15, -0.1) is 0 Å². The SMILES string of the molecule is CC(C)(C)OC(=O)NCC(=O)CCCCCCCCCNCCCN. The van der Waals surface area contributed by atoms with Crippen LogP contribution in [0.5, 0.6) is 0 Å². The number of nitrogens with two attached hydrogens (primary N) is 1. The molecule has 0 aliphatic heterocycles. The molecular weight excluding hydrogens is 318 g/mol. The van der Waals surface area contributed by atoms with Crippen LogP contribution in [-0.4, -0.2) is 43.7 Å². The molecule has 0 atom stereocenters. The molecule has 0 radical (unpaired) electrons. The van der Waals surface area contributed by atoms with Gasteiger partial charge >= 0.3 is 6.09 Å². The number of unbranched alkanes of at least 4 members (excludes halogenated alkanes) is 6. The van der Waals surface area contributed by atoms with Gasteiger partial charge in [0, 0.05) is 6.42 Å². The standard InChI is InChI=1S/C19H39N3O3/c1-19(2,3)25-18(24)22-16-17(23)12-9-7-5-4-6-8-10-14-21-15-11-13-20/h21H,4-16,20H2,1-3H3,(H,22,24). The number of nitrogens with one attached hydrogen (secondary N) is 2. The van der Waals surface area contributed by atoms with Gasteiger partial charge in [-0.3, -0.25) is 4.79 Å². The first-order valence-electron chi connectivity index (χ1n) is 9.74. The van der Waals surface area contributed by atoms with E-state index in [-0.39, 0.29) is 12.3 Å². The second-order valence-electron chi connectivity index (χ2n) is 7.51. The normalized spacial score (nSPS) is 11.4. The highest BCUT2D eigenvalue weighted by molar-refractivity contribution is 5.83. The fraction of sp³-hybridized carbons (Fsp3) is 0.895. The summed E-state index contributed by atoms with van der Waals surface area (Å²) in [5.41, 5.74) is 4.90. The molecular formula is C19H39N3O3. The zero-order chi connectivity index (χ0) is 19.0. The molecule has 0 saturated heterocycles. The minimum atomic E-state index is -0.534. The fourth-order valence-corrected chi connectivity index (χ4v) is 2.38. The number of hydrogen-bond donors (Lipinski definition) is 3. The second-order valence-corrected chi connectivity index (χ2v) is 7.51. The number of alkyl carbamates (subject to hydrolysis) is 1. The van der Waals surface area contributed by atoms with Crippen molar-refractivity contribution in [1.82, 2.24) is 10.6 Å². The molecule has 0 aliphatic rings. The summed E-state index contributed by atoms with van der Waals surface area (Å²) in [6, 6.07) is 0. The van der Waals surface area contributed by atoms with E-state index < -0.39 is 11.7 Å². The molecule has 0 heterocycles. The van der Waals surface area contributed by atoms with Crippen molar-refractivity contribution in [3.8, 4) is 0 Å². The molecule has 0 aromatic rings. The van der Waals surface area contributed by atoms with Gasteiger partial charge in [-0.2, -0.15) is 0 Å². The van der Waals surface area contributed by atoms with Crippen molar-refractivity contribution in [3.05, 3.63) is 0 Å². The van der Waals surface area contributed by atoms with E-state index in [9.17, 15) is 9.59 Å². The first kappa shape index (κ1) is 23.9. The van der Waals surface area contributed by atoms with Crippen LogP contribution in [0.3, 0.4) is 0 Å². The number of amides is 1. The average Bonchev–Trinajstić information content (AvgIpc) is 2.52. The highest BCUT2D eigenvalue weighted by atomic mass is 16.6. The third-order valence-electron chi connectivity index (χ3n) is 3.70. The average molecular weight is 358 g/mol. The van der Waals surface area contributed by atoms with Crippen molar-refractivity contribution in [2.75, 3.05) is 26.2 Å². The molecule has 25 heavy (non-hydrogen) atoms. The molecule has 0 saturated carbocycles. The minimum absolute atomic E-state index is 0.0616. The predicted octanol–water partition coefficient (Wildman–Crippen LogP) is 3.14. The lowest BCUT2D eigenvalue weighted by molar-refractivity contribution is -0.118. The van der Waals surface area contributed by atoms with Gasteiger partial charge in [0.1, 0.15) is 5.60 Å². The molecule has 0 aromatic carbocycles. The van der Waals surface area contributed by atoms with E-state index in [4.69, 9.17) is 10.5 Å². The van der Waals surface area contributed by atoms with Crippen LogP contribution in [0.2, 0.25) is 0 Å². The molecule has 0 aliphatic carbocycles. The van der Waals surface area contributed by atoms with Crippen molar-refractivity contribution >= 4 is 11.9 Å². The molecule has 0 rings (SSSR count). The van der Waals surface area contributed by atoms with E-state index in [1.807, 2.05) is 0 Å². The van der Waals surface area contributed by atoms with Crippen molar-refractivity contribution in [2.24, 2.45) is 5.73 Å². The zero-order valence-corrected chi connectivity index (χ0v) is 16.5. The van der Waals surface area contributed by atoms with Crippen LogP contribution in [0.1, 0.15) is 78.6 Å². The molecule has 1 amide bonds. The smallest absolute Gasteiger partial charge is 0.408 e. The molecule has 0 unspecified atom stereocenters. The van der Waals surface area contributed by atoms with Gasteiger partial charge in [-0.25, -0.2) is 4.79 Å². The Balaban J connectivity index is 3.34. The van der Waals surface area contributed by atoms with E-state index in [0.29, 0.717) is 6.42 Å². The van der Waals surface area contributed by atoms with Crippen LogP contribution < -0.4 is 16.4 Å². The van der Waals surface area contributed by atoms with Gasteiger partial charge in [-0.1, -0.05) is 32.1 Å². The van der Waals surface area contributed by atoms with Crippen LogP contribution >= 0.6 is 0 Å². The van der Waals surface area contributed by atoms with Crippen molar-refractivity contribution in [3.63, 3.8) is 0 Å². The molecule has 0 aromatic heterocycles. The van der Waals surface area contributed by atoms with Crippen LogP contribution in [-0.2, 0) is 9.53 Å². The Morgan fingerprint density at radius 2 is 1.44 bits per heavy atom. The van der Waals surface area contributed by atoms with Crippen molar-refractivity contribution in [2.45, 2.75) is 84.2 Å². The lowest BCUT2D eigenvalue weighted by atomic mass is 10.1. The zero-order valence-electron chi connectivity index (χ0n) is 16.5. The number of carbonyl (C=O) groups excluding carboxylic acids is 2. The maximum absolute atomic E-state index is 11.7. The monoisotopic (exact) mass is 357 g/mol. The molecule has 6 heteroatoms. The lowest BCUT2D eigenvalue weighted by Crippen LogP contribution is -2.35. The fourth-order valence-electron chi connectivity index (χ4n) is 2.38. The Hall–Kier alpha value is -1.14. The second kappa shape index (κ2) is 15.1. The van der Waals surface area contributed by atoms with Crippen molar-refractivity contribution in [1.29, 1.82) is 0 Å². The summed E-state index contributed by atoms with van der Waals surface area (Å²) in [5, 5.41) is 5.89. The van der Waals surface area contributed by atoms with E-state index in [1.54, 1.807) is 20.8 Å². The Kier molecular flexibility index (Phi) is 14.5. The van der Waals surface area contributed by atoms with Crippen LogP contribution in [0.15, 0.2) is 0 Å². The Morgan fingerprint density at radius 1 is 0.880 bits per heavy atom. The van der Waals surface area contributed by atoms with Crippen LogP contribution in [0.4, 0.5) is 4.79 Å². The van der Waals surface area contributed by atoms with E-state index in [1.165, 1.54) is 32.1 Å². The topological polar surface area (TPSA) is 93.4 Å². The maximum atomic E-state index is 11.7. The van der Waals surface area contributed by atoms with Crippen molar-refractivity contribution < 1.29 is 14.3 Å². The highest BCUT2D eigenvalue weighted by Crippen LogP contribution is 2.09. The number of ether oxygens (including phenoxy) is 1. The molecule has 0 spiro atoms. The molecule has 0 bridgehead atoms. The number of carbonyl (C=O) groups is 2. The number of Topliss-reactive ketones (excluding diaryl/α,β-unsaturated/α-hetero) is 1. The molecule has 6 nitrogen and oxygen atoms in total. The Labute approximate surface area is 153 Å². The summed E-state index contributed by atoms with van der Waals surface area (Å²) in [5.74, 6) is 0.0643. The molecule has 4 N–H and O–H groups in total.